The number of rotatable bonds is 5. The molecule has 0 fully saturated rings. The van der Waals surface area contributed by atoms with Gasteiger partial charge in [-0.3, -0.25) is 9.59 Å². The number of fused-ring (bicyclic) bond motifs is 1. The highest BCUT2D eigenvalue weighted by molar-refractivity contribution is 7.12. The Labute approximate surface area is 172 Å². The van der Waals surface area contributed by atoms with E-state index >= 15 is 0 Å². The third-order valence-corrected chi connectivity index (χ3v) is 5.83. The topological polar surface area (TPSA) is 56.5 Å². The Kier molecular flexibility index (Phi) is 5.07. The minimum absolute atomic E-state index is 0.0644. The molecule has 0 spiro atoms. The SMILES string of the molecule is Cc1ccc(-c2oc3cc(C)c(C)cc3c(=O)c2OCC(=O)c2cccs2)cc1. The number of carbonyl (C=O) groups is 1. The van der Waals surface area contributed by atoms with E-state index in [0.717, 1.165) is 22.3 Å². The first kappa shape index (κ1) is 19.2. The normalized spacial score (nSPS) is 11.0. The highest BCUT2D eigenvalue weighted by atomic mass is 32.1. The van der Waals surface area contributed by atoms with Gasteiger partial charge >= 0.3 is 0 Å². The van der Waals surface area contributed by atoms with Crippen LogP contribution >= 0.6 is 11.3 Å². The highest BCUT2D eigenvalue weighted by Gasteiger charge is 2.20. The Hall–Kier alpha value is -3.18. The molecule has 0 bridgehead atoms. The van der Waals surface area contributed by atoms with Crippen molar-refractivity contribution in [3.05, 3.63) is 85.7 Å². The van der Waals surface area contributed by atoms with Crippen LogP contribution < -0.4 is 10.2 Å². The molecule has 4 nitrogen and oxygen atoms in total. The quantitative estimate of drug-likeness (QED) is 0.400. The number of carbonyl (C=O) groups excluding carboxylic acids is 1. The van der Waals surface area contributed by atoms with Crippen molar-refractivity contribution < 1.29 is 13.9 Å². The van der Waals surface area contributed by atoms with Crippen molar-refractivity contribution in [3.8, 4) is 17.1 Å². The maximum atomic E-state index is 13.3. The number of thiophene rings is 1. The molecule has 0 aliphatic heterocycles. The molecule has 29 heavy (non-hydrogen) atoms. The Morgan fingerprint density at radius 1 is 1.03 bits per heavy atom. The van der Waals surface area contributed by atoms with Crippen LogP contribution in [0.1, 0.15) is 26.4 Å². The molecule has 5 heteroatoms. The zero-order valence-corrected chi connectivity index (χ0v) is 17.3. The van der Waals surface area contributed by atoms with Crippen molar-refractivity contribution in [1.29, 1.82) is 0 Å². The Balaban J connectivity index is 1.85. The molecular formula is C24H20O4S. The maximum absolute atomic E-state index is 13.3. The molecule has 0 amide bonds. The van der Waals surface area contributed by atoms with Gasteiger partial charge in [0.05, 0.1) is 10.3 Å². The predicted molar refractivity (Wildman–Crippen MR) is 116 cm³/mol. The van der Waals surface area contributed by atoms with Crippen molar-refractivity contribution in [2.45, 2.75) is 20.8 Å². The van der Waals surface area contributed by atoms with Crippen molar-refractivity contribution in [3.63, 3.8) is 0 Å². The van der Waals surface area contributed by atoms with Crippen molar-refractivity contribution in [2.24, 2.45) is 0 Å². The molecule has 2 heterocycles. The Morgan fingerprint density at radius 3 is 2.45 bits per heavy atom. The number of ether oxygens (including phenoxy) is 1. The number of hydrogen-bond acceptors (Lipinski definition) is 5. The van der Waals surface area contributed by atoms with Gasteiger partial charge in [0.2, 0.25) is 17.0 Å². The van der Waals surface area contributed by atoms with E-state index in [1.807, 2.05) is 68.6 Å². The molecule has 4 aromatic rings. The summed E-state index contributed by atoms with van der Waals surface area (Å²) in [4.78, 5) is 26.3. The van der Waals surface area contributed by atoms with Gasteiger partial charge in [-0.15, -0.1) is 11.3 Å². The third-order valence-electron chi connectivity index (χ3n) is 4.92. The number of Topliss-reactive ketones (excluding diaryl/α,β-unsaturated/α-hetero) is 1. The molecule has 2 aromatic heterocycles. The maximum Gasteiger partial charge on any atom is 0.235 e. The summed E-state index contributed by atoms with van der Waals surface area (Å²) in [6, 6.07) is 14.9. The van der Waals surface area contributed by atoms with Crippen LogP contribution in [0.2, 0.25) is 0 Å². The summed E-state index contributed by atoms with van der Waals surface area (Å²) in [6.07, 6.45) is 0. The van der Waals surface area contributed by atoms with Crippen LogP contribution in [0.25, 0.3) is 22.3 Å². The smallest absolute Gasteiger partial charge is 0.235 e. The minimum Gasteiger partial charge on any atom is -0.478 e. The van der Waals surface area contributed by atoms with Gasteiger partial charge in [-0.2, -0.15) is 0 Å². The molecule has 0 atom stereocenters. The van der Waals surface area contributed by atoms with Gasteiger partial charge in [-0.1, -0.05) is 35.9 Å². The summed E-state index contributed by atoms with van der Waals surface area (Å²) in [7, 11) is 0. The van der Waals surface area contributed by atoms with Crippen LogP contribution in [0.5, 0.6) is 5.75 Å². The van der Waals surface area contributed by atoms with E-state index in [0.29, 0.717) is 21.6 Å². The molecule has 4 rings (SSSR count). The average Bonchev–Trinajstić information content (AvgIpc) is 3.24. The largest absolute Gasteiger partial charge is 0.478 e. The zero-order valence-electron chi connectivity index (χ0n) is 16.4. The molecular weight excluding hydrogens is 384 g/mol. The van der Waals surface area contributed by atoms with E-state index in [1.54, 1.807) is 6.07 Å². The summed E-state index contributed by atoms with van der Waals surface area (Å²) >= 11 is 1.35. The van der Waals surface area contributed by atoms with Crippen molar-refractivity contribution >= 4 is 28.1 Å². The van der Waals surface area contributed by atoms with E-state index in [9.17, 15) is 9.59 Å². The van der Waals surface area contributed by atoms with E-state index in [4.69, 9.17) is 9.15 Å². The van der Waals surface area contributed by atoms with E-state index < -0.39 is 0 Å². The fourth-order valence-corrected chi connectivity index (χ4v) is 3.76. The second-order valence-corrected chi connectivity index (χ2v) is 8.02. The first-order valence-electron chi connectivity index (χ1n) is 9.28. The van der Waals surface area contributed by atoms with Crippen LogP contribution in [-0.2, 0) is 0 Å². The summed E-state index contributed by atoms with van der Waals surface area (Å²) in [5, 5.41) is 2.28. The second-order valence-electron chi connectivity index (χ2n) is 7.08. The van der Waals surface area contributed by atoms with Gasteiger partial charge in [0.25, 0.3) is 0 Å². The van der Waals surface area contributed by atoms with Crippen LogP contribution in [0.4, 0.5) is 0 Å². The van der Waals surface area contributed by atoms with Gasteiger partial charge in [-0.25, -0.2) is 0 Å². The molecule has 0 aliphatic carbocycles. The number of benzene rings is 2. The number of aryl methyl sites for hydroxylation is 3. The lowest BCUT2D eigenvalue weighted by Gasteiger charge is -2.12. The fraction of sp³-hybridized carbons (Fsp3) is 0.167. The summed E-state index contributed by atoms with van der Waals surface area (Å²) in [5.74, 6) is 0.230. The van der Waals surface area contributed by atoms with Gasteiger partial charge in [0.15, 0.2) is 12.4 Å². The van der Waals surface area contributed by atoms with Gasteiger partial charge in [0, 0.05) is 5.56 Å². The Bertz CT molecular complexity index is 1250. The predicted octanol–water partition coefficient (Wildman–Crippen LogP) is 5.71. The first-order valence-corrected chi connectivity index (χ1v) is 10.2. The molecule has 2 aromatic carbocycles. The Morgan fingerprint density at radius 2 is 1.76 bits per heavy atom. The first-order chi connectivity index (χ1) is 13.9. The lowest BCUT2D eigenvalue weighted by molar-refractivity contribution is 0.0924. The van der Waals surface area contributed by atoms with Gasteiger partial charge in [-0.05, 0) is 55.5 Å². The third kappa shape index (κ3) is 3.74. The molecule has 0 saturated heterocycles. The number of ketones is 1. The zero-order chi connectivity index (χ0) is 20.5. The molecule has 0 aliphatic rings. The summed E-state index contributed by atoms with van der Waals surface area (Å²) in [5.41, 5.74) is 4.09. The van der Waals surface area contributed by atoms with Crippen molar-refractivity contribution in [1.82, 2.24) is 0 Å². The van der Waals surface area contributed by atoms with E-state index in [1.165, 1.54) is 11.3 Å². The molecule has 0 radical (unpaired) electrons. The highest BCUT2D eigenvalue weighted by Crippen LogP contribution is 2.32. The van der Waals surface area contributed by atoms with Crippen LogP contribution in [0.3, 0.4) is 0 Å². The molecule has 0 saturated carbocycles. The van der Waals surface area contributed by atoms with Gasteiger partial charge in [0.1, 0.15) is 5.58 Å². The number of hydrogen-bond donors (Lipinski definition) is 0. The fourth-order valence-electron chi connectivity index (χ4n) is 3.11. The molecule has 146 valence electrons. The van der Waals surface area contributed by atoms with Gasteiger partial charge < -0.3 is 9.15 Å². The lowest BCUT2D eigenvalue weighted by Crippen LogP contribution is -2.16. The van der Waals surface area contributed by atoms with Crippen LogP contribution in [-0.4, -0.2) is 12.4 Å². The molecule has 0 unspecified atom stereocenters. The summed E-state index contributed by atoms with van der Waals surface area (Å²) < 4.78 is 11.9. The standard InChI is InChI=1S/C24H20O4S/c1-14-6-8-17(9-7-14)23-24(27-13-19(25)21-5-4-10-29-21)22(26)18-11-15(2)16(3)12-20(18)28-23/h4-12H,13H2,1-3H3. The summed E-state index contributed by atoms with van der Waals surface area (Å²) in [6.45, 7) is 5.69. The van der Waals surface area contributed by atoms with Crippen LogP contribution in [0.15, 0.2) is 63.1 Å². The lowest BCUT2D eigenvalue weighted by atomic mass is 10.0. The van der Waals surface area contributed by atoms with Crippen LogP contribution in [0, 0.1) is 20.8 Å². The molecule has 0 N–H and O–H groups in total. The van der Waals surface area contributed by atoms with E-state index in [2.05, 4.69) is 0 Å². The van der Waals surface area contributed by atoms with E-state index in [-0.39, 0.29) is 23.6 Å². The van der Waals surface area contributed by atoms with Crippen molar-refractivity contribution in [2.75, 3.05) is 6.61 Å². The minimum atomic E-state index is -0.274. The average molecular weight is 404 g/mol. The monoisotopic (exact) mass is 404 g/mol. The second kappa shape index (κ2) is 7.68.